The number of carbonyl (C=O) groups is 4. The predicted octanol–water partition coefficient (Wildman–Crippen LogP) is 0.646. The lowest BCUT2D eigenvalue weighted by Crippen LogP contribution is -2.54. The van der Waals surface area contributed by atoms with E-state index in [1.165, 1.54) is 12.1 Å². The molecule has 1 aromatic rings. The van der Waals surface area contributed by atoms with Gasteiger partial charge in [-0.3, -0.25) is 29.4 Å². The van der Waals surface area contributed by atoms with Gasteiger partial charge in [0.2, 0.25) is 11.8 Å². The van der Waals surface area contributed by atoms with E-state index in [4.69, 9.17) is 14.6 Å². The first-order chi connectivity index (χ1) is 14.0. The highest BCUT2D eigenvalue weighted by atomic mass is 16.5. The van der Waals surface area contributed by atoms with Gasteiger partial charge in [-0.15, -0.1) is 0 Å². The monoisotopic (exact) mass is 404 g/mol. The highest BCUT2D eigenvalue weighted by Crippen LogP contribution is 2.30. The van der Waals surface area contributed by atoms with Crippen molar-refractivity contribution in [2.75, 3.05) is 26.4 Å². The minimum absolute atomic E-state index is 0.0175. The minimum atomic E-state index is -0.975. The van der Waals surface area contributed by atoms with Gasteiger partial charge in [-0.25, -0.2) is 0 Å². The number of nitrogens with one attached hydrogen (secondary N) is 1. The van der Waals surface area contributed by atoms with Gasteiger partial charge in [0.25, 0.3) is 11.8 Å². The zero-order chi connectivity index (χ0) is 20.8. The lowest BCUT2D eigenvalue weighted by molar-refractivity contribution is -0.136. The largest absolute Gasteiger partial charge is 0.494 e. The summed E-state index contributed by atoms with van der Waals surface area (Å²) in [6.07, 6.45) is 2.78. The molecule has 0 spiro atoms. The molecule has 1 aromatic carbocycles. The van der Waals surface area contributed by atoms with E-state index < -0.39 is 29.7 Å². The molecule has 2 N–H and O–H groups in total. The lowest BCUT2D eigenvalue weighted by atomic mass is 10.0. The van der Waals surface area contributed by atoms with Crippen LogP contribution >= 0.6 is 0 Å². The molecular formula is C20H24N2O7. The Morgan fingerprint density at radius 1 is 1.00 bits per heavy atom. The number of imide groups is 2. The standard InChI is InChI=1S/C20H24N2O7/c23-8-11-28-9-2-1-3-10-29-13-4-5-14-15(12-13)20(27)22(19(14)26)16-6-7-17(24)21-18(16)25/h4-5,12,16,23H,1-3,6-11H2,(H,21,24,25). The zero-order valence-electron chi connectivity index (χ0n) is 16.0. The Kier molecular flexibility index (Phi) is 6.95. The van der Waals surface area contributed by atoms with Gasteiger partial charge in [-0.2, -0.15) is 0 Å². The number of hydrogen-bond acceptors (Lipinski definition) is 7. The van der Waals surface area contributed by atoms with E-state index in [0.29, 0.717) is 25.6 Å². The lowest BCUT2D eigenvalue weighted by Gasteiger charge is -2.27. The first kappa shape index (κ1) is 20.9. The van der Waals surface area contributed by atoms with Crippen LogP contribution in [0.2, 0.25) is 0 Å². The van der Waals surface area contributed by atoms with Crippen molar-refractivity contribution in [1.29, 1.82) is 0 Å². The van der Waals surface area contributed by atoms with Crippen LogP contribution in [0.15, 0.2) is 18.2 Å². The number of aliphatic hydroxyl groups excluding tert-OH is 1. The van der Waals surface area contributed by atoms with Crippen molar-refractivity contribution < 1.29 is 33.8 Å². The molecule has 2 heterocycles. The Balaban J connectivity index is 1.55. The Morgan fingerprint density at radius 2 is 1.76 bits per heavy atom. The van der Waals surface area contributed by atoms with Gasteiger partial charge in [0.15, 0.2) is 0 Å². The van der Waals surface area contributed by atoms with Crippen LogP contribution in [0.4, 0.5) is 0 Å². The maximum Gasteiger partial charge on any atom is 0.262 e. The average Bonchev–Trinajstić information content (AvgIpc) is 2.94. The average molecular weight is 404 g/mol. The summed E-state index contributed by atoms with van der Waals surface area (Å²) in [7, 11) is 0. The van der Waals surface area contributed by atoms with Crippen LogP contribution in [0, 0.1) is 0 Å². The van der Waals surface area contributed by atoms with E-state index in [0.717, 1.165) is 24.2 Å². The molecule has 0 saturated carbocycles. The van der Waals surface area contributed by atoms with Crippen molar-refractivity contribution in [3.05, 3.63) is 29.3 Å². The molecule has 3 rings (SSSR count). The Hall–Kier alpha value is -2.78. The summed E-state index contributed by atoms with van der Waals surface area (Å²) in [5, 5.41) is 10.8. The van der Waals surface area contributed by atoms with Crippen LogP contribution in [-0.4, -0.2) is 66.1 Å². The van der Waals surface area contributed by atoms with Crippen LogP contribution in [0.5, 0.6) is 5.75 Å². The third-order valence-corrected chi connectivity index (χ3v) is 4.85. The third-order valence-electron chi connectivity index (χ3n) is 4.85. The second kappa shape index (κ2) is 9.62. The smallest absolute Gasteiger partial charge is 0.262 e. The summed E-state index contributed by atoms with van der Waals surface area (Å²) >= 11 is 0. The SMILES string of the molecule is O=C1CCC(N2C(=O)c3ccc(OCCCCCOCCO)cc3C2=O)C(=O)N1. The van der Waals surface area contributed by atoms with Gasteiger partial charge < -0.3 is 14.6 Å². The van der Waals surface area contributed by atoms with E-state index >= 15 is 0 Å². The Bertz CT molecular complexity index is 808. The van der Waals surface area contributed by atoms with Crippen molar-refractivity contribution >= 4 is 23.6 Å². The summed E-state index contributed by atoms with van der Waals surface area (Å²) in [4.78, 5) is 49.7. The summed E-state index contributed by atoms with van der Waals surface area (Å²) in [6, 6.07) is 3.70. The van der Waals surface area contributed by atoms with Crippen molar-refractivity contribution in [3.63, 3.8) is 0 Å². The van der Waals surface area contributed by atoms with E-state index in [1.54, 1.807) is 6.07 Å². The number of carbonyl (C=O) groups excluding carboxylic acids is 4. The number of amides is 4. The number of ether oxygens (including phenoxy) is 2. The number of rotatable bonds is 10. The highest BCUT2D eigenvalue weighted by Gasteiger charge is 2.44. The fourth-order valence-corrected chi connectivity index (χ4v) is 3.38. The number of benzene rings is 1. The second-order valence-corrected chi connectivity index (χ2v) is 6.90. The normalized spacial score (nSPS) is 18.8. The molecule has 0 radical (unpaired) electrons. The minimum Gasteiger partial charge on any atom is -0.494 e. The van der Waals surface area contributed by atoms with E-state index in [2.05, 4.69) is 5.32 Å². The molecule has 1 atom stereocenters. The van der Waals surface area contributed by atoms with Crippen LogP contribution in [-0.2, 0) is 14.3 Å². The Morgan fingerprint density at radius 3 is 2.52 bits per heavy atom. The van der Waals surface area contributed by atoms with Gasteiger partial charge in [-0.1, -0.05) is 0 Å². The molecule has 9 heteroatoms. The maximum atomic E-state index is 12.7. The molecule has 1 unspecified atom stereocenters. The van der Waals surface area contributed by atoms with Crippen molar-refractivity contribution in [2.24, 2.45) is 0 Å². The molecule has 4 amide bonds. The molecule has 0 bridgehead atoms. The number of hydrogen-bond donors (Lipinski definition) is 2. The zero-order valence-corrected chi connectivity index (χ0v) is 16.0. The van der Waals surface area contributed by atoms with Gasteiger partial charge in [0.05, 0.1) is 30.9 Å². The molecule has 0 aromatic heterocycles. The van der Waals surface area contributed by atoms with Gasteiger partial charge in [0.1, 0.15) is 11.8 Å². The molecule has 0 aliphatic carbocycles. The highest BCUT2D eigenvalue weighted by molar-refractivity contribution is 6.23. The first-order valence-electron chi connectivity index (χ1n) is 9.70. The van der Waals surface area contributed by atoms with Gasteiger partial charge >= 0.3 is 0 Å². The fraction of sp³-hybridized carbons (Fsp3) is 0.500. The summed E-state index contributed by atoms with van der Waals surface area (Å²) in [6.45, 7) is 1.40. The van der Waals surface area contributed by atoms with Crippen LogP contribution < -0.4 is 10.1 Å². The quantitative estimate of drug-likeness (QED) is 0.434. The molecule has 29 heavy (non-hydrogen) atoms. The molecule has 1 saturated heterocycles. The predicted molar refractivity (Wildman–Crippen MR) is 100 cm³/mol. The second-order valence-electron chi connectivity index (χ2n) is 6.90. The van der Waals surface area contributed by atoms with Crippen molar-refractivity contribution in [2.45, 2.75) is 38.1 Å². The first-order valence-corrected chi connectivity index (χ1v) is 9.70. The van der Waals surface area contributed by atoms with Crippen LogP contribution in [0.3, 0.4) is 0 Å². The summed E-state index contributed by atoms with van der Waals surface area (Å²) < 4.78 is 10.9. The maximum absolute atomic E-state index is 12.7. The van der Waals surface area contributed by atoms with E-state index in [9.17, 15) is 19.2 Å². The number of aliphatic hydroxyl groups is 1. The van der Waals surface area contributed by atoms with Crippen molar-refractivity contribution in [3.8, 4) is 5.75 Å². The molecule has 2 aliphatic rings. The molecule has 156 valence electrons. The van der Waals surface area contributed by atoms with Crippen LogP contribution in [0.25, 0.3) is 0 Å². The van der Waals surface area contributed by atoms with Crippen molar-refractivity contribution in [1.82, 2.24) is 10.2 Å². The summed E-state index contributed by atoms with van der Waals surface area (Å²) in [5.41, 5.74) is 0.433. The number of nitrogens with zero attached hydrogens (tertiary/aromatic N) is 1. The fourth-order valence-electron chi connectivity index (χ4n) is 3.38. The number of piperidine rings is 1. The molecule has 9 nitrogen and oxygen atoms in total. The third kappa shape index (κ3) is 4.80. The van der Waals surface area contributed by atoms with Crippen LogP contribution in [0.1, 0.15) is 52.8 Å². The molecule has 2 aliphatic heterocycles. The topological polar surface area (TPSA) is 122 Å². The Labute approximate surface area is 168 Å². The number of fused-ring (bicyclic) bond motifs is 1. The van der Waals surface area contributed by atoms with E-state index in [-0.39, 0.29) is 30.6 Å². The number of unbranched alkanes of at least 4 members (excludes halogenated alkanes) is 2. The van der Waals surface area contributed by atoms with Gasteiger partial charge in [0, 0.05) is 13.0 Å². The summed E-state index contributed by atoms with van der Waals surface area (Å²) in [5.74, 6) is -1.64. The van der Waals surface area contributed by atoms with Gasteiger partial charge in [-0.05, 0) is 43.9 Å². The molecular weight excluding hydrogens is 380 g/mol. The molecule has 1 fully saturated rings. The van der Waals surface area contributed by atoms with E-state index in [1.807, 2.05) is 0 Å².